The SMILES string of the molecule is Cc1cc(C(O)CN(CCO)CCO)ccc1Cl. The molecule has 1 aromatic carbocycles. The largest absolute Gasteiger partial charge is 0.395 e. The normalized spacial score (nSPS) is 13.0. The highest BCUT2D eigenvalue weighted by Gasteiger charge is 2.13. The third-order valence-electron chi connectivity index (χ3n) is 2.83. The number of hydrogen-bond donors (Lipinski definition) is 3. The van der Waals surface area contributed by atoms with E-state index in [4.69, 9.17) is 21.8 Å². The van der Waals surface area contributed by atoms with Crippen LogP contribution in [0.25, 0.3) is 0 Å². The lowest BCUT2D eigenvalue weighted by molar-refractivity contribution is 0.0874. The molecular formula is C13H20ClNO3. The van der Waals surface area contributed by atoms with E-state index in [9.17, 15) is 5.11 Å². The van der Waals surface area contributed by atoms with E-state index in [1.54, 1.807) is 12.1 Å². The monoisotopic (exact) mass is 273 g/mol. The maximum atomic E-state index is 10.1. The van der Waals surface area contributed by atoms with Crippen LogP contribution in [0.15, 0.2) is 18.2 Å². The molecule has 0 aliphatic rings. The van der Waals surface area contributed by atoms with Crippen LogP contribution >= 0.6 is 11.6 Å². The molecule has 0 radical (unpaired) electrons. The second-order valence-electron chi connectivity index (χ2n) is 4.27. The number of aryl methyl sites for hydroxylation is 1. The van der Waals surface area contributed by atoms with Crippen LogP contribution in [0.5, 0.6) is 0 Å². The van der Waals surface area contributed by atoms with Crippen LogP contribution in [0.3, 0.4) is 0 Å². The van der Waals surface area contributed by atoms with Crippen LogP contribution in [-0.2, 0) is 0 Å². The maximum Gasteiger partial charge on any atom is 0.0917 e. The summed E-state index contributed by atoms with van der Waals surface area (Å²) in [6, 6.07) is 5.40. The highest BCUT2D eigenvalue weighted by atomic mass is 35.5. The van der Waals surface area contributed by atoms with Gasteiger partial charge in [-0.25, -0.2) is 0 Å². The lowest BCUT2D eigenvalue weighted by Crippen LogP contribution is -2.33. The van der Waals surface area contributed by atoms with E-state index in [0.717, 1.165) is 11.1 Å². The molecule has 1 atom stereocenters. The minimum atomic E-state index is -0.654. The first-order valence-electron chi connectivity index (χ1n) is 5.96. The Bertz CT molecular complexity index is 367. The maximum absolute atomic E-state index is 10.1. The van der Waals surface area contributed by atoms with Gasteiger partial charge >= 0.3 is 0 Å². The van der Waals surface area contributed by atoms with E-state index in [1.807, 2.05) is 17.9 Å². The topological polar surface area (TPSA) is 63.9 Å². The molecule has 0 aliphatic carbocycles. The molecule has 0 spiro atoms. The molecule has 102 valence electrons. The third kappa shape index (κ3) is 4.55. The van der Waals surface area contributed by atoms with E-state index >= 15 is 0 Å². The van der Waals surface area contributed by atoms with Crippen molar-refractivity contribution in [2.75, 3.05) is 32.8 Å². The van der Waals surface area contributed by atoms with Crippen molar-refractivity contribution in [3.8, 4) is 0 Å². The van der Waals surface area contributed by atoms with Gasteiger partial charge in [0.05, 0.1) is 19.3 Å². The van der Waals surface area contributed by atoms with Crippen molar-refractivity contribution < 1.29 is 15.3 Å². The fourth-order valence-electron chi connectivity index (χ4n) is 1.80. The van der Waals surface area contributed by atoms with E-state index in [0.29, 0.717) is 24.7 Å². The number of rotatable bonds is 7. The first-order chi connectivity index (χ1) is 8.58. The van der Waals surface area contributed by atoms with Crippen molar-refractivity contribution >= 4 is 11.6 Å². The van der Waals surface area contributed by atoms with Gasteiger partial charge in [-0.1, -0.05) is 23.7 Å². The number of halogens is 1. The Hall–Kier alpha value is -0.650. The van der Waals surface area contributed by atoms with Crippen molar-refractivity contribution in [2.24, 2.45) is 0 Å². The molecule has 5 heteroatoms. The van der Waals surface area contributed by atoms with Gasteiger partial charge in [-0.15, -0.1) is 0 Å². The molecule has 0 saturated heterocycles. The van der Waals surface area contributed by atoms with E-state index in [1.165, 1.54) is 0 Å². The fraction of sp³-hybridized carbons (Fsp3) is 0.538. The Morgan fingerprint density at radius 3 is 2.33 bits per heavy atom. The standard InChI is InChI=1S/C13H20ClNO3/c1-10-8-11(2-3-12(10)14)13(18)9-15(4-6-16)5-7-17/h2-3,8,13,16-18H,4-7,9H2,1H3. The van der Waals surface area contributed by atoms with Gasteiger partial charge in [0.2, 0.25) is 0 Å². The zero-order chi connectivity index (χ0) is 13.5. The van der Waals surface area contributed by atoms with E-state index in [-0.39, 0.29) is 13.2 Å². The Balaban J connectivity index is 2.67. The van der Waals surface area contributed by atoms with Crippen LogP contribution < -0.4 is 0 Å². The van der Waals surface area contributed by atoms with Crippen LogP contribution in [0.4, 0.5) is 0 Å². The Morgan fingerprint density at radius 2 is 1.83 bits per heavy atom. The zero-order valence-corrected chi connectivity index (χ0v) is 11.3. The minimum Gasteiger partial charge on any atom is -0.395 e. The van der Waals surface area contributed by atoms with Crippen LogP contribution in [0, 0.1) is 6.92 Å². The zero-order valence-electron chi connectivity index (χ0n) is 10.5. The van der Waals surface area contributed by atoms with Gasteiger partial charge in [-0.2, -0.15) is 0 Å². The summed E-state index contributed by atoms with van der Waals surface area (Å²) in [5.74, 6) is 0. The number of benzene rings is 1. The highest BCUT2D eigenvalue weighted by molar-refractivity contribution is 6.31. The van der Waals surface area contributed by atoms with Gasteiger partial charge in [0, 0.05) is 24.7 Å². The second-order valence-corrected chi connectivity index (χ2v) is 4.68. The van der Waals surface area contributed by atoms with Crippen LogP contribution in [0.1, 0.15) is 17.2 Å². The molecule has 1 rings (SSSR count). The molecule has 0 fully saturated rings. The van der Waals surface area contributed by atoms with Crippen molar-refractivity contribution in [3.05, 3.63) is 34.3 Å². The summed E-state index contributed by atoms with van der Waals surface area (Å²) in [6.45, 7) is 3.15. The number of aliphatic hydroxyl groups excluding tert-OH is 3. The summed E-state index contributed by atoms with van der Waals surface area (Å²) in [6.07, 6.45) is -0.654. The summed E-state index contributed by atoms with van der Waals surface area (Å²) < 4.78 is 0. The Kier molecular flexibility index (Phi) is 6.60. The number of aliphatic hydroxyl groups is 3. The quantitative estimate of drug-likeness (QED) is 0.693. The summed E-state index contributed by atoms with van der Waals surface area (Å²) in [5.41, 5.74) is 1.71. The molecule has 0 aliphatic heterocycles. The minimum absolute atomic E-state index is 0.00632. The molecule has 1 unspecified atom stereocenters. The van der Waals surface area contributed by atoms with Crippen LogP contribution in [-0.4, -0.2) is 53.1 Å². The van der Waals surface area contributed by atoms with Crippen LogP contribution in [0.2, 0.25) is 5.02 Å². The van der Waals surface area contributed by atoms with Crippen molar-refractivity contribution in [2.45, 2.75) is 13.0 Å². The number of hydrogen-bond acceptors (Lipinski definition) is 4. The molecule has 0 bridgehead atoms. The lowest BCUT2D eigenvalue weighted by atomic mass is 10.1. The number of nitrogens with zero attached hydrogens (tertiary/aromatic N) is 1. The third-order valence-corrected chi connectivity index (χ3v) is 3.25. The van der Waals surface area contributed by atoms with Crippen molar-refractivity contribution in [3.63, 3.8) is 0 Å². The molecule has 0 heterocycles. The van der Waals surface area contributed by atoms with Gasteiger partial charge in [-0.05, 0) is 24.1 Å². The van der Waals surface area contributed by atoms with Crippen molar-refractivity contribution in [1.82, 2.24) is 4.90 Å². The molecule has 0 amide bonds. The van der Waals surface area contributed by atoms with Gasteiger partial charge < -0.3 is 15.3 Å². The first-order valence-corrected chi connectivity index (χ1v) is 6.34. The van der Waals surface area contributed by atoms with E-state index < -0.39 is 6.10 Å². The predicted octanol–water partition coefficient (Wildman–Crippen LogP) is 0.968. The van der Waals surface area contributed by atoms with Gasteiger partial charge in [0.25, 0.3) is 0 Å². The smallest absolute Gasteiger partial charge is 0.0917 e. The van der Waals surface area contributed by atoms with Gasteiger partial charge in [-0.3, -0.25) is 4.90 Å². The molecule has 18 heavy (non-hydrogen) atoms. The second kappa shape index (κ2) is 7.71. The summed E-state index contributed by atoms with van der Waals surface area (Å²) >= 11 is 5.93. The first kappa shape index (κ1) is 15.4. The molecule has 0 aromatic heterocycles. The molecule has 4 nitrogen and oxygen atoms in total. The Labute approximate surface area is 112 Å². The molecule has 1 aromatic rings. The summed E-state index contributed by atoms with van der Waals surface area (Å²) in [5, 5.41) is 28.6. The predicted molar refractivity (Wildman–Crippen MR) is 71.8 cm³/mol. The van der Waals surface area contributed by atoms with Gasteiger partial charge in [0.15, 0.2) is 0 Å². The Morgan fingerprint density at radius 1 is 1.22 bits per heavy atom. The summed E-state index contributed by atoms with van der Waals surface area (Å²) in [7, 11) is 0. The molecule has 0 saturated carbocycles. The highest BCUT2D eigenvalue weighted by Crippen LogP contribution is 2.21. The average Bonchev–Trinajstić information content (AvgIpc) is 2.33. The molecular weight excluding hydrogens is 254 g/mol. The van der Waals surface area contributed by atoms with Gasteiger partial charge in [0.1, 0.15) is 0 Å². The summed E-state index contributed by atoms with van der Waals surface area (Å²) in [4.78, 5) is 1.81. The van der Waals surface area contributed by atoms with Crippen molar-refractivity contribution in [1.29, 1.82) is 0 Å². The average molecular weight is 274 g/mol. The van der Waals surface area contributed by atoms with E-state index in [2.05, 4.69) is 0 Å². The molecule has 3 N–H and O–H groups in total. The fourth-order valence-corrected chi connectivity index (χ4v) is 1.92. The lowest BCUT2D eigenvalue weighted by Gasteiger charge is -2.23.